The molecule has 0 spiro atoms. The van der Waals surface area contributed by atoms with Gasteiger partial charge in [0.25, 0.3) is 0 Å². The van der Waals surface area contributed by atoms with E-state index in [1.165, 1.54) is 38.5 Å². The number of hydrogen-bond donors (Lipinski definition) is 1. The molecule has 0 heterocycles. The van der Waals surface area contributed by atoms with E-state index in [1.807, 2.05) is 0 Å². The molecule has 1 nitrogen and oxygen atoms in total. The molecule has 1 aliphatic rings. The van der Waals surface area contributed by atoms with Crippen molar-refractivity contribution < 1.29 is 0 Å². The van der Waals surface area contributed by atoms with E-state index in [4.69, 9.17) is 0 Å². The lowest BCUT2D eigenvalue weighted by molar-refractivity contribution is 0.416. The lowest BCUT2D eigenvalue weighted by Gasteiger charge is -2.28. The molecule has 0 amide bonds. The molecule has 2 rings (SSSR count). The average molecular weight is 245 g/mol. The summed E-state index contributed by atoms with van der Waals surface area (Å²) in [5.41, 5.74) is 3.22. The summed E-state index contributed by atoms with van der Waals surface area (Å²) >= 11 is 0. The fourth-order valence-electron chi connectivity index (χ4n) is 2.74. The number of aryl methyl sites for hydroxylation is 1. The van der Waals surface area contributed by atoms with Crippen LogP contribution < -0.4 is 5.32 Å². The molecule has 1 aromatic carbocycles. The van der Waals surface area contributed by atoms with Gasteiger partial charge in [0.1, 0.15) is 0 Å². The second-order valence-electron chi connectivity index (χ2n) is 5.72. The zero-order valence-electron chi connectivity index (χ0n) is 11.9. The first-order valence-electron chi connectivity index (χ1n) is 7.62. The van der Waals surface area contributed by atoms with Crippen molar-refractivity contribution in [2.24, 2.45) is 0 Å². The van der Waals surface area contributed by atoms with Crippen LogP contribution in [-0.2, 0) is 6.42 Å². The number of hydrogen-bond acceptors (Lipinski definition) is 1. The fraction of sp³-hybridized carbons (Fsp3) is 0.647. The number of rotatable bonds is 7. The summed E-state index contributed by atoms with van der Waals surface area (Å²) in [4.78, 5) is 0. The lowest BCUT2D eigenvalue weighted by Crippen LogP contribution is -2.27. The molecule has 1 atom stereocenters. The van der Waals surface area contributed by atoms with Gasteiger partial charge in [-0.1, -0.05) is 37.6 Å². The van der Waals surface area contributed by atoms with Crippen LogP contribution in [-0.4, -0.2) is 12.6 Å². The summed E-state index contributed by atoms with van der Waals surface area (Å²) < 4.78 is 0. The smallest absolute Gasteiger partial charge is 0.00418 e. The SMILES string of the molecule is CCCNC(C)CCc1ccccc1C1CCC1. The first kappa shape index (κ1) is 13.6. The van der Waals surface area contributed by atoms with E-state index in [1.54, 1.807) is 11.1 Å². The molecule has 0 aromatic heterocycles. The average Bonchev–Trinajstić information content (AvgIpc) is 2.33. The van der Waals surface area contributed by atoms with Crippen molar-refractivity contribution in [2.45, 2.75) is 64.3 Å². The summed E-state index contributed by atoms with van der Waals surface area (Å²) in [5.74, 6) is 0.861. The highest BCUT2D eigenvalue weighted by Crippen LogP contribution is 2.38. The number of nitrogens with one attached hydrogen (secondary N) is 1. The van der Waals surface area contributed by atoms with Crippen molar-refractivity contribution in [2.75, 3.05) is 6.54 Å². The highest BCUT2D eigenvalue weighted by Gasteiger charge is 2.21. The van der Waals surface area contributed by atoms with Gasteiger partial charge in [-0.25, -0.2) is 0 Å². The Balaban J connectivity index is 1.88. The molecule has 0 bridgehead atoms. The molecule has 1 aromatic rings. The molecule has 1 fully saturated rings. The summed E-state index contributed by atoms with van der Waals surface area (Å²) in [6.45, 7) is 5.68. The van der Waals surface area contributed by atoms with E-state index < -0.39 is 0 Å². The maximum absolute atomic E-state index is 3.58. The molecular formula is C17H27N. The van der Waals surface area contributed by atoms with Crippen molar-refractivity contribution in [1.29, 1.82) is 0 Å². The quantitative estimate of drug-likeness (QED) is 0.756. The molecule has 18 heavy (non-hydrogen) atoms. The van der Waals surface area contributed by atoms with Crippen molar-refractivity contribution in [3.05, 3.63) is 35.4 Å². The number of benzene rings is 1. The second kappa shape index (κ2) is 6.94. The molecule has 0 radical (unpaired) electrons. The largest absolute Gasteiger partial charge is 0.314 e. The van der Waals surface area contributed by atoms with Gasteiger partial charge in [0.05, 0.1) is 0 Å². The Hall–Kier alpha value is -0.820. The van der Waals surface area contributed by atoms with E-state index in [2.05, 4.69) is 43.4 Å². The van der Waals surface area contributed by atoms with Crippen LogP contribution >= 0.6 is 0 Å². The molecular weight excluding hydrogens is 218 g/mol. The Morgan fingerprint density at radius 3 is 2.72 bits per heavy atom. The maximum Gasteiger partial charge on any atom is 0.00418 e. The minimum atomic E-state index is 0.638. The monoisotopic (exact) mass is 245 g/mol. The van der Waals surface area contributed by atoms with E-state index >= 15 is 0 Å². The van der Waals surface area contributed by atoms with Gasteiger partial charge in [-0.15, -0.1) is 0 Å². The highest BCUT2D eigenvalue weighted by atomic mass is 14.9. The van der Waals surface area contributed by atoms with Crippen LogP contribution in [0, 0.1) is 0 Å². The van der Waals surface area contributed by atoms with Crippen molar-refractivity contribution in [3.63, 3.8) is 0 Å². The first-order chi connectivity index (χ1) is 8.81. The van der Waals surface area contributed by atoms with Gasteiger partial charge in [0, 0.05) is 6.04 Å². The first-order valence-corrected chi connectivity index (χ1v) is 7.62. The van der Waals surface area contributed by atoms with Crippen LogP contribution in [0.3, 0.4) is 0 Å². The summed E-state index contributed by atoms with van der Waals surface area (Å²) in [5, 5.41) is 3.58. The van der Waals surface area contributed by atoms with Crippen LogP contribution in [0.25, 0.3) is 0 Å². The third-order valence-electron chi connectivity index (χ3n) is 4.19. The molecule has 0 aliphatic heterocycles. The predicted octanol–water partition coefficient (Wildman–Crippen LogP) is 4.27. The van der Waals surface area contributed by atoms with Crippen molar-refractivity contribution in [1.82, 2.24) is 5.32 Å². The van der Waals surface area contributed by atoms with Gasteiger partial charge in [0.2, 0.25) is 0 Å². The van der Waals surface area contributed by atoms with Crippen LogP contribution in [0.4, 0.5) is 0 Å². The second-order valence-corrected chi connectivity index (χ2v) is 5.72. The minimum Gasteiger partial charge on any atom is -0.314 e. The van der Waals surface area contributed by atoms with E-state index in [9.17, 15) is 0 Å². The summed E-state index contributed by atoms with van der Waals surface area (Å²) in [6.07, 6.45) is 7.94. The summed E-state index contributed by atoms with van der Waals surface area (Å²) in [6, 6.07) is 9.72. The van der Waals surface area contributed by atoms with Gasteiger partial charge in [-0.2, -0.15) is 0 Å². The molecule has 1 unspecified atom stereocenters. The molecule has 1 aliphatic carbocycles. The third kappa shape index (κ3) is 3.58. The van der Waals surface area contributed by atoms with E-state index in [-0.39, 0.29) is 0 Å². The highest BCUT2D eigenvalue weighted by molar-refractivity contribution is 5.31. The molecule has 0 saturated heterocycles. The maximum atomic E-state index is 3.58. The van der Waals surface area contributed by atoms with E-state index in [0.29, 0.717) is 6.04 Å². The molecule has 1 saturated carbocycles. The van der Waals surface area contributed by atoms with Crippen LogP contribution in [0.2, 0.25) is 0 Å². The topological polar surface area (TPSA) is 12.0 Å². The Labute approximate surface area is 112 Å². The Bertz CT molecular complexity index is 354. The van der Waals surface area contributed by atoms with Crippen LogP contribution in [0.1, 0.15) is 63.0 Å². The molecule has 1 heteroatoms. The molecule has 100 valence electrons. The van der Waals surface area contributed by atoms with Crippen molar-refractivity contribution >= 4 is 0 Å². The third-order valence-corrected chi connectivity index (χ3v) is 4.19. The van der Waals surface area contributed by atoms with Gasteiger partial charge >= 0.3 is 0 Å². The fourth-order valence-corrected chi connectivity index (χ4v) is 2.74. The molecule has 1 N–H and O–H groups in total. The zero-order valence-corrected chi connectivity index (χ0v) is 11.9. The van der Waals surface area contributed by atoms with Gasteiger partial charge in [-0.05, 0) is 62.6 Å². The van der Waals surface area contributed by atoms with Crippen molar-refractivity contribution in [3.8, 4) is 0 Å². The Kier molecular flexibility index (Phi) is 5.25. The van der Waals surface area contributed by atoms with Gasteiger partial charge < -0.3 is 5.32 Å². The summed E-state index contributed by atoms with van der Waals surface area (Å²) in [7, 11) is 0. The lowest BCUT2D eigenvalue weighted by atomic mass is 9.77. The van der Waals surface area contributed by atoms with Gasteiger partial charge in [-0.3, -0.25) is 0 Å². The van der Waals surface area contributed by atoms with Crippen LogP contribution in [0.15, 0.2) is 24.3 Å². The van der Waals surface area contributed by atoms with E-state index in [0.717, 1.165) is 12.5 Å². The predicted molar refractivity (Wildman–Crippen MR) is 79.1 cm³/mol. The minimum absolute atomic E-state index is 0.638. The standard InChI is InChI=1S/C17H27N/c1-3-13-18-14(2)11-12-16-7-4-5-10-17(16)15-8-6-9-15/h4-5,7,10,14-15,18H,3,6,8-9,11-13H2,1-2H3. The van der Waals surface area contributed by atoms with Crippen LogP contribution in [0.5, 0.6) is 0 Å². The van der Waals surface area contributed by atoms with Gasteiger partial charge in [0.15, 0.2) is 0 Å². The Morgan fingerprint density at radius 1 is 1.28 bits per heavy atom. The normalized spacial score (nSPS) is 17.4. The zero-order chi connectivity index (χ0) is 12.8. The Morgan fingerprint density at radius 2 is 2.06 bits per heavy atom.